The van der Waals surface area contributed by atoms with Gasteiger partial charge in [-0.1, -0.05) is 28.1 Å². The van der Waals surface area contributed by atoms with Crippen molar-refractivity contribution in [3.05, 3.63) is 30.1 Å². The van der Waals surface area contributed by atoms with E-state index in [2.05, 4.69) is 20.7 Å². The van der Waals surface area contributed by atoms with Crippen LogP contribution in [0.2, 0.25) is 0 Å². The molecule has 16 heavy (non-hydrogen) atoms. The molecule has 0 atom stereocenters. The van der Waals surface area contributed by atoms with E-state index in [-0.39, 0.29) is 4.90 Å². The monoisotopic (exact) mass is 309 g/mol. The number of sulfonamides is 1. The fraction of sp³-hybridized carbons (Fsp3) is 0.400. The summed E-state index contributed by atoms with van der Waals surface area (Å²) in [7, 11) is -3.82. The van der Waals surface area contributed by atoms with Gasteiger partial charge < -0.3 is 0 Å². The van der Waals surface area contributed by atoms with Crippen LogP contribution in [-0.2, 0) is 10.0 Å². The Hall–Kier alpha value is -0.460. The minimum Gasteiger partial charge on any atom is -0.207 e. The number of benzene rings is 1. The van der Waals surface area contributed by atoms with E-state index in [4.69, 9.17) is 0 Å². The molecule has 0 radical (unpaired) electrons. The van der Waals surface area contributed by atoms with Crippen LogP contribution in [-0.4, -0.2) is 19.3 Å². The maximum absolute atomic E-state index is 13.3. The third kappa shape index (κ3) is 3.26. The minimum absolute atomic E-state index is 0.330. The highest BCUT2D eigenvalue weighted by atomic mass is 79.9. The van der Waals surface area contributed by atoms with Crippen LogP contribution < -0.4 is 4.72 Å². The van der Waals surface area contributed by atoms with E-state index < -0.39 is 21.4 Å². The number of halogens is 2. The molecule has 6 heteroatoms. The summed E-state index contributed by atoms with van der Waals surface area (Å²) in [5.74, 6) is -0.750. The van der Waals surface area contributed by atoms with Crippen molar-refractivity contribution in [3.8, 4) is 0 Å². The lowest BCUT2D eigenvalue weighted by molar-refractivity contribution is 0.494. The zero-order valence-electron chi connectivity index (χ0n) is 9.00. The second-order valence-electron chi connectivity index (χ2n) is 4.05. The Bertz CT molecular complexity index is 473. The van der Waals surface area contributed by atoms with E-state index in [0.29, 0.717) is 5.33 Å². The first-order chi connectivity index (χ1) is 7.28. The molecule has 3 nitrogen and oxygen atoms in total. The number of rotatable bonds is 4. The molecule has 0 aliphatic heterocycles. The molecule has 0 spiro atoms. The van der Waals surface area contributed by atoms with Crippen LogP contribution in [0.4, 0.5) is 4.39 Å². The zero-order valence-corrected chi connectivity index (χ0v) is 11.4. The molecule has 1 aromatic carbocycles. The molecule has 0 aromatic heterocycles. The van der Waals surface area contributed by atoms with Crippen LogP contribution in [0.25, 0.3) is 0 Å². The molecule has 90 valence electrons. The summed E-state index contributed by atoms with van der Waals surface area (Å²) >= 11 is 3.19. The lowest BCUT2D eigenvalue weighted by atomic mass is 10.1. The van der Waals surface area contributed by atoms with Crippen LogP contribution in [0.5, 0.6) is 0 Å². The van der Waals surface area contributed by atoms with E-state index in [1.165, 1.54) is 18.2 Å². The van der Waals surface area contributed by atoms with Gasteiger partial charge in [-0.15, -0.1) is 0 Å². The van der Waals surface area contributed by atoms with Gasteiger partial charge in [0.25, 0.3) is 0 Å². The van der Waals surface area contributed by atoms with Gasteiger partial charge >= 0.3 is 0 Å². The average molecular weight is 310 g/mol. The standard InChI is InChI=1S/C10H13BrFNO2S/c1-10(2,7-11)13-16(14,15)9-6-4-3-5-8(9)12/h3-6,13H,7H2,1-2H3. The van der Waals surface area contributed by atoms with Crippen LogP contribution >= 0.6 is 15.9 Å². The van der Waals surface area contributed by atoms with Crippen LogP contribution in [0.1, 0.15) is 13.8 Å². The van der Waals surface area contributed by atoms with Gasteiger partial charge in [0.1, 0.15) is 10.7 Å². The van der Waals surface area contributed by atoms with Crippen molar-refractivity contribution in [1.82, 2.24) is 4.72 Å². The molecule has 1 rings (SSSR count). The quantitative estimate of drug-likeness (QED) is 0.867. The Morgan fingerprint density at radius 1 is 1.38 bits per heavy atom. The molecule has 0 saturated carbocycles. The van der Waals surface area contributed by atoms with E-state index in [9.17, 15) is 12.8 Å². The molecular formula is C10H13BrFNO2S. The highest BCUT2D eigenvalue weighted by Crippen LogP contribution is 2.17. The normalized spacial score (nSPS) is 12.8. The zero-order chi connectivity index (χ0) is 12.4. The predicted octanol–water partition coefficient (Wildman–Crippen LogP) is 2.28. The molecule has 0 amide bonds. The predicted molar refractivity (Wildman–Crippen MR) is 64.6 cm³/mol. The van der Waals surface area contributed by atoms with Gasteiger partial charge in [-0.3, -0.25) is 0 Å². The number of alkyl halides is 1. The molecule has 0 heterocycles. The lowest BCUT2D eigenvalue weighted by Gasteiger charge is -2.23. The summed E-state index contributed by atoms with van der Waals surface area (Å²) in [5.41, 5.74) is -0.666. The topological polar surface area (TPSA) is 46.2 Å². The Kier molecular flexibility index (Phi) is 4.09. The van der Waals surface area contributed by atoms with E-state index >= 15 is 0 Å². The van der Waals surface area contributed by atoms with Gasteiger partial charge in [0.2, 0.25) is 10.0 Å². The smallest absolute Gasteiger partial charge is 0.207 e. The second-order valence-corrected chi connectivity index (χ2v) is 6.26. The summed E-state index contributed by atoms with van der Waals surface area (Å²) in [4.78, 5) is -0.330. The average Bonchev–Trinajstić information content (AvgIpc) is 2.16. The molecule has 1 aromatic rings. The molecule has 0 aliphatic rings. The van der Waals surface area contributed by atoms with Gasteiger partial charge in [0, 0.05) is 10.9 Å². The first-order valence-electron chi connectivity index (χ1n) is 4.63. The molecule has 0 bridgehead atoms. The Labute approximate surface area is 103 Å². The van der Waals surface area contributed by atoms with Crippen molar-refractivity contribution in [2.75, 3.05) is 5.33 Å². The maximum atomic E-state index is 13.3. The van der Waals surface area contributed by atoms with Crippen molar-refractivity contribution < 1.29 is 12.8 Å². The van der Waals surface area contributed by atoms with Crippen molar-refractivity contribution in [1.29, 1.82) is 0 Å². The van der Waals surface area contributed by atoms with Crippen LogP contribution in [0, 0.1) is 5.82 Å². The fourth-order valence-corrected chi connectivity index (χ4v) is 2.93. The summed E-state index contributed by atoms with van der Waals surface area (Å²) in [6.07, 6.45) is 0. The molecule has 0 saturated heterocycles. The van der Waals surface area contributed by atoms with Gasteiger partial charge in [-0.25, -0.2) is 17.5 Å². The third-order valence-corrected chi connectivity index (χ3v) is 5.00. The number of hydrogen-bond acceptors (Lipinski definition) is 2. The summed E-state index contributed by atoms with van der Waals surface area (Å²) in [5, 5.41) is 0.438. The van der Waals surface area contributed by atoms with E-state index in [1.807, 2.05) is 0 Å². The second kappa shape index (κ2) is 4.81. The summed E-state index contributed by atoms with van der Waals surface area (Å²) in [6, 6.07) is 5.29. The Morgan fingerprint density at radius 2 is 1.94 bits per heavy atom. The van der Waals surface area contributed by atoms with Crippen molar-refractivity contribution in [2.24, 2.45) is 0 Å². The van der Waals surface area contributed by atoms with Crippen molar-refractivity contribution in [3.63, 3.8) is 0 Å². The lowest BCUT2D eigenvalue weighted by Crippen LogP contribution is -2.44. The van der Waals surface area contributed by atoms with E-state index in [1.54, 1.807) is 13.8 Å². The number of nitrogens with one attached hydrogen (secondary N) is 1. The van der Waals surface area contributed by atoms with Crippen molar-refractivity contribution >= 4 is 26.0 Å². The summed E-state index contributed by atoms with van der Waals surface area (Å²) in [6.45, 7) is 3.42. The van der Waals surface area contributed by atoms with Crippen LogP contribution in [0.3, 0.4) is 0 Å². The fourth-order valence-electron chi connectivity index (χ4n) is 1.11. The number of hydrogen-bond donors (Lipinski definition) is 1. The SMILES string of the molecule is CC(C)(CBr)NS(=O)(=O)c1ccccc1F. The third-order valence-electron chi connectivity index (χ3n) is 1.87. The van der Waals surface area contributed by atoms with Crippen LogP contribution in [0.15, 0.2) is 29.2 Å². The van der Waals surface area contributed by atoms with Gasteiger partial charge in [0.05, 0.1) is 0 Å². The van der Waals surface area contributed by atoms with Gasteiger partial charge in [-0.05, 0) is 26.0 Å². The van der Waals surface area contributed by atoms with Gasteiger partial charge in [0.15, 0.2) is 0 Å². The minimum atomic E-state index is -3.82. The summed E-state index contributed by atoms with van der Waals surface area (Å²) < 4.78 is 39.5. The molecule has 0 aliphatic carbocycles. The largest absolute Gasteiger partial charge is 0.243 e. The molecular weight excluding hydrogens is 297 g/mol. The highest BCUT2D eigenvalue weighted by Gasteiger charge is 2.26. The van der Waals surface area contributed by atoms with Gasteiger partial charge in [-0.2, -0.15) is 0 Å². The Morgan fingerprint density at radius 3 is 2.44 bits per heavy atom. The maximum Gasteiger partial charge on any atom is 0.243 e. The molecule has 0 fully saturated rings. The molecule has 0 unspecified atom stereocenters. The molecule has 1 N–H and O–H groups in total. The first kappa shape index (κ1) is 13.6. The first-order valence-corrected chi connectivity index (χ1v) is 7.23. The van der Waals surface area contributed by atoms with E-state index in [0.717, 1.165) is 6.07 Å². The highest BCUT2D eigenvalue weighted by molar-refractivity contribution is 9.09. The van der Waals surface area contributed by atoms with Crippen molar-refractivity contribution in [2.45, 2.75) is 24.3 Å². The Balaban J connectivity index is 3.09.